The van der Waals surface area contributed by atoms with Crippen LogP contribution in [-0.2, 0) is 0 Å². The second-order valence-electron chi connectivity index (χ2n) is 3.85. The van der Waals surface area contributed by atoms with E-state index in [1.54, 1.807) is 18.2 Å². The van der Waals surface area contributed by atoms with Crippen molar-refractivity contribution in [2.24, 2.45) is 0 Å². The second kappa shape index (κ2) is 3.84. The molecule has 1 aromatic heterocycles. The molecule has 1 aromatic carbocycles. The minimum absolute atomic E-state index is 0.147. The van der Waals surface area contributed by atoms with Crippen LogP contribution in [0.4, 0.5) is 11.7 Å². The quantitative estimate of drug-likeness (QED) is 0.749. The third-order valence-corrected chi connectivity index (χ3v) is 2.10. The Morgan fingerprint density at radius 3 is 2.88 bits per heavy atom. The Morgan fingerprint density at radius 2 is 2.19 bits per heavy atom. The number of hydrogen-bond donors (Lipinski definition) is 2. The molecule has 0 aliphatic rings. The molecule has 0 aliphatic heterocycles. The summed E-state index contributed by atoms with van der Waals surface area (Å²) in [5.41, 5.74) is 6.15. The maximum Gasteiger partial charge on any atom is 0.350 e. The predicted molar refractivity (Wildman–Crippen MR) is 63.5 cm³/mol. The summed E-state index contributed by atoms with van der Waals surface area (Å²) in [5, 5.41) is 3.27. The number of nitrogens with one attached hydrogen (secondary N) is 1. The monoisotopic (exact) mass is 219 g/mol. The van der Waals surface area contributed by atoms with Crippen LogP contribution >= 0.6 is 0 Å². The summed E-state index contributed by atoms with van der Waals surface area (Å²) >= 11 is 0. The van der Waals surface area contributed by atoms with Crippen molar-refractivity contribution in [3.05, 3.63) is 28.6 Å². The Kier molecular flexibility index (Phi) is 2.52. The van der Waals surface area contributed by atoms with Crippen LogP contribution in [0.1, 0.15) is 13.8 Å². The van der Waals surface area contributed by atoms with E-state index < -0.39 is 5.63 Å². The fourth-order valence-electron chi connectivity index (χ4n) is 1.45. The van der Waals surface area contributed by atoms with E-state index in [2.05, 4.69) is 10.3 Å². The van der Waals surface area contributed by atoms with Gasteiger partial charge in [-0.05, 0) is 26.0 Å². The van der Waals surface area contributed by atoms with Crippen LogP contribution in [0.3, 0.4) is 0 Å². The standard InChI is InChI=1S/C11H13N3O2/c1-6(2)13-11-14-8-5-3-4-7(12)9(8)10(15)16-11/h3-6H,12H2,1-2H3,(H,13,14). The highest BCUT2D eigenvalue weighted by atomic mass is 16.4. The van der Waals surface area contributed by atoms with Gasteiger partial charge >= 0.3 is 5.63 Å². The van der Waals surface area contributed by atoms with E-state index in [0.717, 1.165) is 0 Å². The van der Waals surface area contributed by atoms with Gasteiger partial charge in [-0.3, -0.25) is 0 Å². The van der Waals surface area contributed by atoms with Gasteiger partial charge in [0, 0.05) is 11.7 Å². The highest BCUT2D eigenvalue weighted by Gasteiger charge is 2.08. The molecule has 84 valence electrons. The van der Waals surface area contributed by atoms with E-state index in [1.165, 1.54) is 0 Å². The first-order chi connectivity index (χ1) is 7.58. The average molecular weight is 219 g/mol. The lowest BCUT2D eigenvalue weighted by atomic mass is 10.2. The molecular formula is C11H13N3O2. The zero-order chi connectivity index (χ0) is 11.7. The Balaban J connectivity index is 2.64. The third kappa shape index (κ3) is 1.84. The van der Waals surface area contributed by atoms with Crippen molar-refractivity contribution in [1.82, 2.24) is 4.98 Å². The molecule has 0 saturated heterocycles. The van der Waals surface area contributed by atoms with Gasteiger partial charge in [0.15, 0.2) is 0 Å². The lowest BCUT2D eigenvalue weighted by molar-refractivity contribution is 0.512. The van der Waals surface area contributed by atoms with E-state index in [-0.39, 0.29) is 12.1 Å². The summed E-state index contributed by atoms with van der Waals surface area (Å²) in [7, 11) is 0. The number of anilines is 2. The molecule has 0 fully saturated rings. The normalized spacial score (nSPS) is 10.9. The molecule has 0 saturated carbocycles. The molecule has 16 heavy (non-hydrogen) atoms. The van der Waals surface area contributed by atoms with Crippen LogP contribution in [0.2, 0.25) is 0 Å². The minimum Gasteiger partial charge on any atom is -0.398 e. The molecule has 2 rings (SSSR count). The van der Waals surface area contributed by atoms with Crippen molar-refractivity contribution in [2.75, 3.05) is 11.1 Å². The van der Waals surface area contributed by atoms with Crippen LogP contribution in [0.15, 0.2) is 27.4 Å². The van der Waals surface area contributed by atoms with Crippen molar-refractivity contribution in [3.63, 3.8) is 0 Å². The molecule has 5 nitrogen and oxygen atoms in total. The van der Waals surface area contributed by atoms with Crippen LogP contribution in [-0.4, -0.2) is 11.0 Å². The fraction of sp³-hybridized carbons (Fsp3) is 0.273. The molecule has 3 N–H and O–H groups in total. The number of aromatic nitrogens is 1. The summed E-state index contributed by atoms with van der Waals surface area (Å²) in [6, 6.07) is 5.50. The molecule has 0 unspecified atom stereocenters. The molecule has 5 heteroatoms. The zero-order valence-electron chi connectivity index (χ0n) is 9.15. The molecule has 0 aliphatic carbocycles. The largest absolute Gasteiger partial charge is 0.398 e. The summed E-state index contributed by atoms with van der Waals surface area (Å²) in [5.74, 6) is 0. The number of benzene rings is 1. The van der Waals surface area contributed by atoms with Gasteiger partial charge in [0.05, 0.1) is 5.52 Å². The smallest absolute Gasteiger partial charge is 0.350 e. The maximum absolute atomic E-state index is 11.7. The zero-order valence-corrected chi connectivity index (χ0v) is 9.15. The SMILES string of the molecule is CC(C)Nc1nc2cccc(N)c2c(=O)o1. The molecule has 0 spiro atoms. The molecule has 0 amide bonds. The number of nitrogens with two attached hydrogens (primary N) is 1. The average Bonchev–Trinajstić information content (AvgIpc) is 2.15. The molecule has 1 heterocycles. The Morgan fingerprint density at radius 1 is 1.44 bits per heavy atom. The van der Waals surface area contributed by atoms with Crippen LogP contribution in [0.25, 0.3) is 10.9 Å². The van der Waals surface area contributed by atoms with E-state index in [4.69, 9.17) is 10.2 Å². The van der Waals surface area contributed by atoms with Crippen molar-refractivity contribution in [3.8, 4) is 0 Å². The van der Waals surface area contributed by atoms with Gasteiger partial charge in [-0.25, -0.2) is 4.79 Å². The van der Waals surface area contributed by atoms with Crippen molar-refractivity contribution in [2.45, 2.75) is 19.9 Å². The van der Waals surface area contributed by atoms with Gasteiger partial charge in [-0.15, -0.1) is 0 Å². The number of fused-ring (bicyclic) bond motifs is 1. The first-order valence-electron chi connectivity index (χ1n) is 5.04. The number of nitrogen functional groups attached to an aromatic ring is 1. The summed E-state index contributed by atoms with van der Waals surface area (Å²) in [6.45, 7) is 3.87. The van der Waals surface area contributed by atoms with Crippen LogP contribution in [0.5, 0.6) is 0 Å². The first-order valence-corrected chi connectivity index (χ1v) is 5.04. The Hall–Kier alpha value is -2.04. The highest BCUT2D eigenvalue weighted by molar-refractivity contribution is 5.89. The van der Waals surface area contributed by atoms with Gasteiger partial charge < -0.3 is 15.5 Å². The third-order valence-electron chi connectivity index (χ3n) is 2.10. The second-order valence-corrected chi connectivity index (χ2v) is 3.85. The Bertz CT molecular complexity index is 575. The van der Waals surface area contributed by atoms with E-state index in [1.807, 2.05) is 13.8 Å². The molecule has 2 aromatic rings. The van der Waals surface area contributed by atoms with Gasteiger partial charge in [-0.2, -0.15) is 4.98 Å². The van der Waals surface area contributed by atoms with E-state index >= 15 is 0 Å². The van der Waals surface area contributed by atoms with Crippen molar-refractivity contribution in [1.29, 1.82) is 0 Å². The fourth-order valence-corrected chi connectivity index (χ4v) is 1.45. The Labute approximate surface area is 92.3 Å². The molecule has 0 radical (unpaired) electrons. The van der Waals surface area contributed by atoms with Gasteiger partial charge in [0.1, 0.15) is 5.39 Å². The lowest BCUT2D eigenvalue weighted by Crippen LogP contribution is -2.14. The van der Waals surface area contributed by atoms with Crippen molar-refractivity contribution >= 4 is 22.6 Å². The van der Waals surface area contributed by atoms with Crippen molar-refractivity contribution < 1.29 is 4.42 Å². The number of rotatable bonds is 2. The minimum atomic E-state index is -0.466. The molecule has 0 atom stereocenters. The van der Waals surface area contributed by atoms with Crippen LogP contribution < -0.4 is 16.7 Å². The highest BCUT2D eigenvalue weighted by Crippen LogP contribution is 2.17. The van der Waals surface area contributed by atoms with Gasteiger partial charge in [0.25, 0.3) is 6.01 Å². The summed E-state index contributed by atoms with van der Waals surface area (Å²) in [6.07, 6.45) is 0. The molecular weight excluding hydrogens is 206 g/mol. The number of nitrogens with zero attached hydrogens (tertiary/aromatic N) is 1. The van der Waals surface area contributed by atoms with Gasteiger partial charge in [0.2, 0.25) is 0 Å². The topological polar surface area (TPSA) is 81.1 Å². The van der Waals surface area contributed by atoms with E-state index in [9.17, 15) is 4.79 Å². The molecule has 0 bridgehead atoms. The number of hydrogen-bond acceptors (Lipinski definition) is 5. The summed E-state index contributed by atoms with van der Waals surface area (Å²) < 4.78 is 5.02. The maximum atomic E-state index is 11.7. The predicted octanol–water partition coefficient (Wildman–Crippen LogP) is 1.59. The van der Waals surface area contributed by atoms with Crippen LogP contribution in [0, 0.1) is 0 Å². The lowest BCUT2D eigenvalue weighted by Gasteiger charge is -2.07. The summed E-state index contributed by atoms with van der Waals surface area (Å²) in [4.78, 5) is 15.9. The first kappa shape index (κ1) is 10.5. The van der Waals surface area contributed by atoms with Gasteiger partial charge in [-0.1, -0.05) is 6.07 Å². The van der Waals surface area contributed by atoms with E-state index in [0.29, 0.717) is 16.6 Å².